The van der Waals surface area contributed by atoms with Gasteiger partial charge >= 0.3 is 0 Å². The number of anilines is 1. The van der Waals surface area contributed by atoms with Crippen molar-refractivity contribution in [3.63, 3.8) is 0 Å². The molecular weight excluding hydrogens is 426 g/mol. The molecule has 1 amide bonds. The first kappa shape index (κ1) is 19.2. The van der Waals surface area contributed by atoms with Crippen molar-refractivity contribution in [3.05, 3.63) is 58.6 Å². The molecule has 0 aliphatic heterocycles. The Labute approximate surface area is 169 Å². The lowest BCUT2D eigenvalue weighted by molar-refractivity contribution is -0.113. The fourth-order valence-corrected chi connectivity index (χ4v) is 3.61. The van der Waals surface area contributed by atoms with Crippen LogP contribution in [0.15, 0.2) is 58.0 Å². The van der Waals surface area contributed by atoms with E-state index >= 15 is 0 Å². The average molecular weight is 442 g/mol. The van der Waals surface area contributed by atoms with Gasteiger partial charge in [-0.1, -0.05) is 23.9 Å². The molecule has 0 atom stereocenters. The number of carbonyl (C=O) groups is 1. The highest BCUT2D eigenvalue weighted by Crippen LogP contribution is 2.27. The van der Waals surface area contributed by atoms with E-state index < -0.39 is 0 Å². The Bertz CT molecular complexity index is 1030. The number of amides is 1. The van der Waals surface area contributed by atoms with Crippen LogP contribution in [0.2, 0.25) is 0 Å². The number of thioether (sulfide) groups is 1. The van der Waals surface area contributed by atoms with Gasteiger partial charge in [0.15, 0.2) is 0 Å². The molecule has 0 unspecified atom stereocenters. The van der Waals surface area contributed by atoms with Crippen LogP contribution in [0, 0.1) is 11.3 Å². The third-order valence-corrected chi connectivity index (χ3v) is 5.35. The topological polar surface area (TPSA) is 75.0 Å². The molecule has 0 bridgehead atoms. The SMILES string of the molecule is CCOc1ccc2nc(SCC(=O)Nc3ccccc3Br)c(C#N)cc2c1. The molecule has 27 heavy (non-hydrogen) atoms. The second kappa shape index (κ2) is 8.89. The molecule has 0 saturated carbocycles. The van der Waals surface area contributed by atoms with E-state index in [1.807, 2.05) is 49.4 Å². The Morgan fingerprint density at radius 1 is 1.30 bits per heavy atom. The summed E-state index contributed by atoms with van der Waals surface area (Å²) in [6.45, 7) is 2.49. The normalized spacial score (nSPS) is 10.4. The minimum absolute atomic E-state index is 0.158. The molecule has 0 radical (unpaired) electrons. The van der Waals surface area contributed by atoms with Crippen molar-refractivity contribution >= 4 is 50.2 Å². The van der Waals surface area contributed by atoms with E-state index in [2.05, 4.69) is 32.3 Å². The maximum Gasteiger partial charge on any atom is 0.234 e. The molecule has 0 fully saturated rings. The van der Waals surface area contributed by atoms with Crippen LogP contribution in [0.5, 0.6) is 5.75 Å². The van der Waals surface area contributed by atoms with Gasteiger partial charge in [-0.15, -0.1) is 0 Å². The number of aromatic nitrogens is 1. The molecule has 0 saturated heterocycles. The first-order chi connectivity index (χ1) is 13.1. The Kier molecular flexibility index (Phi) is 6.32. The number of carbonyl (C=O) groups excluding carboxylic acids is 1. The van der Waals surface area contributed by atoms with Crippen LogP contribution in [-0.4, -0.2) is 23.3 Å². The van der Waals surface area contributed by atoms with Gasteiger partial charge in [0.05, 0.1) is 29.1 Å². The number of hydrogen-bond donors (Lipinski definition) is 1. The molecule has 3 rings (SSSR count). The number of fused-ring (bicyclic) bond motifs is 1. The molecule has 2 aromatic carbocycles. The molecule has 3 aromatic rings. The third kappa shape index (κ3) is 4.79. The Balaban J connectivity index is 1.76. The molecule has 0 aliphatic carbocycles. The predicted molar refractivity (Wildman–Crippen MR) is 111 cm³/mol. The summed E-state index contributed by atoms with van der Waals surface area (Å²) in [6.07, 6.45) is 0. The minimum Gasteiger partial charge on any atom is -0.494 e. The van der Waals surface area contributed by atoms with Crippen LogP contribution in [0.3, 0.4) is 0 Å². The second-order valence-corrected chi connectivity index (χ2v) is 7.38. The summed E-state index contributed by atoms with van der Waals surface area (Å²) in [5, 5.41) is 13.7. The number of hydrogen-bond acceptors (Lipinski definition) is 5. The van der Waals surface area contributed by atoms with E-state index in [1.54, 1.807) is 6.07 Å². The van der Waals surface area contributed by atoms with E-state index in [1.165, 1.54) is 11.8 Å². The lowest BCUT2D eigenvalue weighted by atomic mass is 10.1. The van der Waals surface area contributed by atoms with Gasteiger partial charge in [-0.25, -0.2) is 4.98 Å². The zero-order chi connectivity index (χ0) is 19.2. The van der Waals surface area contributed by atoms with Crippen molar-refractivity contribution in [3.8, 4) is 11.8 Å². The summed E-state index contributed by atoms with van der Waals surface area (Å²) in [7, 11) is 0. The zero-order valence-electron chi connectivity index (χ0n) is 14.5. The largest absolute Gasteiger partial charge is 0.494 e. The van der Waals surface area contributed by atoms with Crippen LogP contribution in [-0.2, 0) is 4.79 Å². The van der Waals surface area contributed by atoms with Crippen molar-refractivity contribution in [2.75, 3.05) is 17.7 Å². The van der Waals surface area contributed by atoms with Gasteiger partial charge in [-0.3, -0.25) is 4.79 Å². The van der Waals surface area contributed by atoms with E-state index in [-0.39, 0.29) is 11.7 Å². The van der Waals surface area contributed by atoms with E-state index in [9.17, 15) is 10.1 Å². The summed E-state index contributed by atoms with van der Waals surface area (Å²) >= 11 is 4.64. The van der Waals surface area contributed by atoms with Crippen molar-refractivity contribution in [1.29, 1.82) is 5.26 Å². The number of pyridine rings is 1. The van der Waals surface area contributed by atoms with Crippen LogP contribution in [0.25, 0.3) is 10.9 Å². The van der Waals surface area contributed by atoms with Gasteiger partial charge in [-0.2, -0.15) is 5.26 Å². The number of nitrogens with one attached hydrogen (secondary N) is 1. The molecule has 1 heterocycles. The molecule has 0 aliphatic rings. The Morgan fingerprint density at radius 2 is 2.11 bits per heavy atom. The molecule has 1 aromatic heterocycles. The van der Waals surface area contributed by atoms with Gasteiger partial charge in [0.25, 0.3) is 0 Å². The monoisotopic (exact) mass is 441 g/mol. The lowest BCUT2D eigenvalue weighted by Gasteiger charge is -2.09. The number of ether oxygens (including phenoxy) is 1. The van der Waals surface area contributed by atoms with Gasteiger partial charge in [0.1, 0.15) is 16.8 Å². The lowest BCUT2D eigenvalue weighted by Crippen LogP contribution is -2.14. The molecule has 0 spiro atoms. The Hall–Kier alpha value is -2.56. The number of benzene rings is 2. The van der Waals surface area contributed by atoms with Gasteiger partial charge < -0.3 is 10.1 Å². The summed E-state index contributed by atoms with van der Waals surface area (Å²) in [6, 6.07) is 16.9. The molecule has 1 N–H and O–H groups in total. The van der Waals surface area contributed by atoms with Gasteiger partial charge in [0, 0.05) is 9.86 Å². The fourth-order valence-electron chi connectivity index (χ4n) is 2.47. The first-order valence-corrected chi connectivity index (χ1v) is 10.0. The molecular formula is C20H16BrN3O2S. The summed E-state index contributed by atoms with van der Waals surface area (Å²) < 4.78 is 6.31. The predicted octanol–water partition coefficient (Wildman–Crippen LogP) is 5.00. The van der Waals surface area contributed by atoms with Crippen LogP contribution < -0.4 is 10.1 Å². The number of halogens is 1. The van der Waals surface area contributed by atoms with E-state index in [4.69, 9.17) is 4.74 Å². The highest BCUT2D eigenvalue weighted by atomic mass is 79.9. The zero-order valence-corrected chi connectivity index (χ0v) is 16.9. The van der Waals surface area contributed by atoms with Crippen LogP contribution in [0.4, 0.5) is 5.69 Å². The van der Waals surface area contributed by atoms with E-state index in [0.717, 1.165) is 21.1 Å². The van der Waals surface area contributed by atoms with Crippen molar-refractivity contribution < 1.29 is 9.53 Å². The van der Waals surface area contributed by atoms with Crippen molar-refractivity contribution in [1.82, 2.24) is 4.98 Å². The van der Waals surface area contributed by atoms with Crippen molar-refractivity contribution in [2.24, 2.45) is 0 Å². The highest BCUT2D eigenvalue weighted by molar-refractivity contribution is 9.10. The number of nitriles is 1. The summed E-state index contributed by atoms with van der Waals surface area (Å²) in [4.78, 5) is 16.8. The second-order valence-electron chi connectivity index (χ2n) is 5.56. The highest BCUT2D eigenvalue weighted by Gasteiger charge is 2.12. The summed E-state index contributed by atoms with van der Waals surface area (Å²) in [5.41, 5.74) is 1.90. The minimum atomic E-state index is -0.163. The maximum atomic E-state index is 12.2. The summed E-state index contributed by atoms with van der Waals surface area (Å²) in [5.74, 6) is 0.735. The fraction of sp³-hybridized carbons (Fsp3) is 0.150. The molecule has 136 valence electrons. The maximum absolute atomic E-state index is 12.2. The average Bonchev–Trinajstić information content (AvgIpc) is 2.67. The standard InChI is InChI=1S/C20H16BrN3O2S/c1-2-26-15-7-8-17-13(10-15)9-14(11-22)20(24-17)27-12-19(25)23-18-6-4-3-5-16(18)21/h3-10H,2,12H2,1H3,(H,23,25). The van der Waals surface area contributed by atoms with Gasteiger partial charge in [0.2, 0.25) is 5.91 Å². The van der Waals surface area contributed by atoms with Crippen LogP contribution in [0.1, 0.15) is 12.5 Å². The quantitative estimate of drug-likeness (QED) is 0.544. The Morgan fingerprint density at radius 3 is 2.85 bits per heavy atom. The van der Waals surface area contributed by atoms with Crippen molar-refractivity contribution in [2.45, 2.75) is 11.9 Å². The van der Waals surface area contributed by atoms with Crippen LogP contribution >= 0.6 is 27.7 Å². The number of nitrogens with zero attached hydrogens (tertiary/aromatic N) is 2. The number of para-hydroxylation sites is 1. The van der Waals surface area contributed by atoms with E-state index in [0.29, 0.717) is 22.9 Å². The smallest absolute Gasteiger partial charge is 0.234 e. The first-order valence-electron chi connectivity index (χ1n) is 8.25. The number of rotatable bonds is 6. The molecule has 5 nitrogen and oxygen atoms in total. The third-order valence-electron chi connectivity index (χ3n) is 3.67. The van der Waals surface area contributed by atoms with Gasteiger partial charge in [-0.05, 0) is 59.3 Å². The molecule has 7 heteroatoms.